The van der Waals surface area contributed by atoms with Crippen LogP contribution in [0.25, 0.3) is 0 Å². The molecule has 0 unspecified atom stereocenters. The van der Waals surface area contributed by atoms with Crippen LogP contribution < -0.4 is 0 Å². The summed E-state index contributed by atoms with van der Waals surface area (Å²) < 4.78 is 0. The van der Waals surface area contributed by atoms with E-state index < -0.39 is 8.07 Å². The van der Waals surface area contributed by atoms with Crippen LogP contribution in [0, 0.1) is 0 Å². The summed E-state index contributed by atoms with van der Waals surface area (Å²) in [5.41, 5.74) is 4.77. The Morgan fingerprint density at radius 2 is 1.72 bits per heavy atom. The van der Waals surface area contributed by atoms with E-state index in [9.17, 15) is 0 Å². The van der Waals surface area contributed by atoms with Gasteiger partial charge in [-0.3, -0.25) is 0 Å². The molecule has 0 atom stereocenters. The summed E-state index contributed by atoms with van der Waals surface area (Å²) in [7, 11) is -0.946. The van der Waals surface area contributed by atoms with Crippen LogP contribution in [0.15, 0.2) is 34.1 Å². The molecule has 1 aliphatic carbocycles. The summed E-state index contributed by atoms with van der Waals surface area (Å²) in [6.07, 6.45) is 11.2. The number of allylic oxidation sites excluding steroid dienone is 6. The first-order valence-corrected chi connectivity index (χ1v) is 10.8. The highest BCUT2D eigenvalue weighted by Gasteiger charge is 2.31. The molecule has 18 heavy (non-hydrogen) atoms. The lowest BCUT2D eigenvalue weighted by molar-refractivity contribution is 0.928. The van der Waals surface area contributed by atoms with Gasteiger partial charge in [-0.05, 0) is 52.9 Å². The SMILES string of the molecule is CC(C)=CCC/C(C)=C/CCC1=C([Si](C)(C)C)C1. The van der Waals surface area contributed by atoms with Gasteiger partial charge in [0.25, 0.3) is 0 Å². The van der Waals surface area contributed by atoms with Gasteiger partial charge in [0, 0.05) is 0 Å². The van der Waals surface area contributed by atoms with Crippen LogP contribution in [0.1, 0.15) is 52.9 Å². The van der Waals surface area contributed by atoms with Crippen molar-refractivity contribution < 1.29 is 0 Å². The second-order valence-corrected chi connectivity index (χ2v) is 12.0. The highest BCUT2D eigenvalue weighted by molar-refractivity contribution is 6.84. The molecule has 0 spiro atoms. The molecule has 1 aliphatic rings. The molecule has 1 heteroatoms. The lowest BCUT2D eigenvalue weighted by atomic mass is 10.1. The van der Waals surface area contributed by atoms with E-state index in [-0.39, 0.29) is 0 Å². The molecule has 0 aromatic heterocycles. The maximum Gasteiger partial charge on any atom is 0.0728 e. The van der Waals surface area contributed by atoms with Gasteiger partial charge in [-0.1, -0.05) is 53.7 Å². The van der Waals surface area contributed by atoms with Crippen molar-refractivity contribution >= 4 is 8.07 Å². The average Bonchev–Trinajstić information content (AvgIpc) is 2.96. The van der Waals surface area contributed by atoms with Crippen LogP contribution in [0.3, 0.4) is 0 Å². The zero-order valence-electron chi connectivity index (χ0n) is 13.2. The minimum atomic E-state index is -0.946. The maximum atomic E-state index is 2.47. The summed E-state index contributed by atoms with van der Waals surface area (Å²) in [5.74, 6) is 0. The number of hydrogen-bond acceptors (Lipinski definition) is 0. The predicted octanol–water partition coefficient (Wildman–Crippen LogP) is 6.04. The molecule has 0 saturated carbocycles. The molecule has 0 aromatic rings. The predicted molar refractivity (Wildman–Crippen MR) is 86.6 cm³/mol. The van der Waals surface area contributed by atoms with E-state index in [0.717, 1.165) is 0 Å². The zero-order valence-corrected chi connectivity index (χ0v) is 14.2. The molecule has 102 valence electrons. The Morgan fingerprint density at radius 3 is 2.22 bits per heavy atom. The van der Waals surface area contributed by atoms with Gasteiger partial charge in [0.15, 0.2) is 0 Å². The standard InChI is InChI=1S/C17H30Si/c1-14(2)9-7-10-15(3)11-8-12-16-13-17(16)18(4,5)6/h9,11H,7-8,10,12-13H2,1-6H3/b15-11+. The van der Waals surface area contributed by atoms with Crippen molar-refractivity contribution in [3.8, 4) is 0 Å². The number of rotatable bonds is 7. The molecule has 0 amide bonds. The van der Waals surface area contributed by atoms with Crippen LogP contribution >= 0.6 is 0 Å². The van der Waals surface area contributed by atoms with E-state index in [2.05, 4.69) is 52.6 Å². The summed E-state index contributed by atoms with van der Waals surface area (Å²) in [6, 6.07) is 0. The Kier molecular flexibility index (Phi) is 5.65. The average molecular weight is 263 g/mol. The fourth-order valence-corrected chi connectivity index (χ4v) is 4.32. The van der Waals surface area contributed by atoms with Crippen molar-refractivity contribution in [2.24, 2.45) is 0 Å². The molecular formula is C17H30Si. The van der Waals surface area contributed by atoms with Crippen molar-refractivity contribution in [2.75, 3.05) is 0 Å². The van der Waals surface area contributed by atoms with E-state index in [4.69, 9.17) is 0 Å². The first kappa shape index (κ1) is 15.5. The van der Waals surface area contributed by atoms with Crippen LogP contribution in [0.4, 0.5) is 0 Å². The van der Waals surface area contributed by atoms with E-state index in [1.54, 1.807) is 11.1 Å². The summed E-state index contributed by atoms with van der Waals surface area (Å²) in [4.78, 5) is 0. The minimum Gasteiger partial charge on any atom is -0.0856 e. The lowest BCUT2D eigenvalue weighted by Gasteiger charge is -2.09. The molecule has 0 saturated heterocycles. The minimum absolute atomic E-state index is 0.946. The smallest absolute Gasteiger partial charge is 0.0728 e. The van der Waals surface area contributed by atoms with E-state index in [1.807, 2.05) is 5.20 Å². The van der Waals surface area contributed by atoms with E-state index in [1.165, 1.54) is 37.7 Å². The largest absolute Gasteiger partial charge is 0.0856 e. The van der Waals surface area contributed by atoms with Gasteiger partial charge in [-0.2, -0.15) is 0 Å². The molecule has 0 N–H and O–H groups in total. The lowest BCUT2D eigenvalue weighted by Crippen LogP contribution is -2.18. The molecule has 0 bridgehead atoms. The van der Waals surface area contributed by atoms with Crippen LogP contribution in [-0.4, -0.2) is 8.07 Å². The van der Waals surface area contributed by atoms with Crippen molar-refractivity contribution in [1.82, 2.24) is 0 Å². The van der Waals surface area contributed by atoms with E-state index >= 15 is 0 Å². The molecule has 0 radical (unpaired) electrons. The second-order valence-electron chi connectivity index (χ2n) is 6.92. The topological polar surface area (TPSA) is 0 Å². The molecular weight excluding hydrogens is 232 g/mol. The molecule has 0 aromatic carbocycles. The number of hydrogen-bond donors (Lipinski definition) is 0. The van der Waals surface area contributed by atoms with E-state index in [0.29, 0.717) is 0 Å². The molecule has 0 heterocycles. The van der Waals surface area contributed by atoms with Gasteiger partial charge in [-0.25, -0.2) is 0 Å². The summed E-state index contributed by atoms with van der Waals surface area (Å²) >= 11 is 0. The fourth-order valence-electron chi connectivity index (χ4n) is 2.39. The third kappa shape index (κ3) is 5.86. The monoisotopic (exact) mass is 262 g/mol. The third-order valence-corrected chi connectivity index (χ3v) is 5.97. The molecule has 0 nitrogen and oxygen atoms in total. The Bertz CT molecular complexity index is 371. The van der Waals surface area contributed by atoms with Gasteiger partial charge in [0.2, 0.25) is 0 Å². The summed E-state index contributed by atoms with van der Waals surface area (Å²) in [6.45, 7) is 14.0. The third-order valence-electron chi connectivity index (χ3n) is 3.63. The van der Waals surface area contributed by atoms with Gasteiger partial charge < -0.3 is 0 Å². The first-order chi connectivity index (χ1) is 8.30. The van der Waals surface area contributed by atoms with Crippen molar-refractivity contribution in [3.05, 3.63) is 34.1 Å². The Hall–Kier alpha value is -0.563. The van der Waals surface area contributed by atoms with Gasteiger partial charge in [-0.15, -0.1) is 0 Å². The fraction of sp³-hybridized carbons (Fsp3) is 0.647. The molecule has 0 fully saturated rings. The summed E-state index contributed by atoms with van der Waals surface area (Å²) in [5, 5.41) is 1.85. The molecule has 0 aliphatic heterocycles. The molecule has 1 rings (SSSR count). The Labute approximate surface area is 115 Å². The van der Waals surface area contributed by atoms with Gasteiger partial charge in [0.1, 0.15) is 0 Å². The van der Waals surface area contributed by atoms with Crippen LogP contribution in [-0.2, 0) is 0 Å². The zero-order chi connectivity index (χ0) is 13.8. The van der Waals surface area contributed by atoms with Crippen molar-refractivity contribution in [2.45, 2.75) is 72.5 Å². The quantitative estimate of drug-likeness (QED) is 0.388. The van der Waals surface area contributed by atoms with Crippen molar-refractivity contribution in [3.63, 3.8) is 0 Å². The first-order valence-electron chi connectivity index (χ1n) is 7.31. The highest BCUT2D eigenvalue weighted by Crippen LogP contribution is 2.41. The Morgan fingerprint density at radius 1 is 1.06 bits per heavy atom. The van der Waals surface area contributed by atoms with Gasteiger partial charge in [0.05, 0.1) is 8.07 Å². The highest BCUT2D eigenvalue weighted by atomic mass is 28.3. The van der Waals surface area contributed by atoms with Crippen LogP contribution in [0.5, 0.6) is 0 Å². The van der Waals surface area contributed by atoms with Gasteiger partial charge >= 0.3 is 0 Å². The van der Waals surface area contributed by atoms with Crippen molar-refractivity contribution in [1.29, 1.82) is 0 Å². The maximum absolute atomic E-state index is 2.47. The normalized spacial score (nSPS) is 16.0. The Balaban J connectivity index is 2.26. The second kappa shape index (κ2) is 6.56. The van der Waals surface area contributed by atoms with Crippen LogP contribution in [0.2, 0.25) is 19.6 Å².